The highest BCUT2D eigenvalue weighted by Gasteiger charge is 2.16. The summed E-state index contributed by atoms with van der Waals surface area (Å²) in [6.07, 6.45) is 6.75. The Hall–Kier alpha value is -2.54. The molecule has 2 aromatic heterocycles. The minimum Gasteiger partial charge on any atom is -0.375 e. The van der Waals surface area contributed by atoms with Gasteiger partial charge in [0.1, 0.15) is 5.76 Å². The van der Waals surface area contributed by atoms with Gasteiger partial charge in [0.25, 0.3) is 5.56 Å². The van der Waals surface area contributed by atoms with Crippen LogP contribution < -0.4 is 10.9 Å². The molecule has 29 heavy (non-hydrogen) atoms. The van der Waals surface area contributed by atoms with Gasteiger partial charge in [-0.15, -0.1) is 16.3 Å². The monoisotopic (exact) mass is 411 g/mol. The molecule has 1 aromatic carbocycles. The number of fused-ring (bicyclic) bond motifs is 1. The lowest BCUT2D eigenvalue weighted by molar-refractivity contribution is -0.116. The lowest BCUT2D eigenvalue weighted by atomic mass is 10.0. The van der Waals surface area contributed by atoms with E-state index in [1.165, 1.54) is 36.3 Å². The summed E-state index contributed by atoms with van der Waals surface area (Å²) in [5, 5.41) is 2.98. The average Bonchev–Trinajstić information content (AvgIpc) is 3.35. The van der Waals surface area contributed by atoms with Crippen molar-refractivity contribution in [3.8, 4) is 0 Å². The highest BCUT2D eigenvalue weighted by atomic mass is 32.2. The van der Waals surface area contributed by atoms with Crippen molar-refractivity contribution in [2.45, 2.75) is 56.1 Å². The van der Waals surface area contributed by atoms with E-state index in [0.717, 1.165) is 22.9 Å². The van der Waals surface area contributed by atoms with Crippen molar-refractivity contribution in [2.24, 2.45) is 5.92 Å². The molecule has 0 bridgehead atoms. The number of amides is 1. The fourth-order valence-corrected chi connectivity index (χ4v) is 4.59. The zero-order valence-electron chi connectivity index (χ0n) is 16.5. The predicted molar refractivity (Wildman–Crippen MR) is 114 cm³/mol. The number of thioether (sulfide) groups is 1. The normalized spacial score (nSPS) is 14.5. The molecule has 0 aliphatic heterocycles. The first-order valence-corrected chi connectivity index (χ1v) is 11.1. The van der Waals surface area contributed by atoms with E-state index >= 15 is 0 Å². The van der Waals surface area contributed by atoms with Crippen LogP contribution >= 0.6 is 11.8 Å². The van der Waals surface area contributed by atoms with E-state index in [9.17, 15) is 9.59 Å². The van der Waals surface area contributed by atoms with E-state index in [0.29, 0.717) is 29.3 Å². The van der Waals surface area contributed by atoms with Crippen LogP contribution in [-0.4, -0.2) is 15.5 Å². The Kier molecular flexibility index (Phi) is 6.04. The van der Waals surface area contributed by atoms with Crippen molar-refractivity contribution in [2.75, 3.05) is 5.32 Å². The van der Waals surface area contributed by atoms with Gasteiger partial charge in [0.15, 0.2) is 5.65 Å². The van der Waals surface area contributed by atoms with Crippen LogP contribution in [0.2, 0.25) is 0 Å². The number of aryl methyl sites for hydroxylation is 1. The van der Waals surface area contributed by atoms with Crippen LogP contribution in [0.3, 0.4) is 0 Å². The van der Waals surface area contributed by atoms with Crippen LogP contribution in [-0.2, 0) is 10.5 Å². The smallest absolute Gasteiger partial charge is 0.287 e. The summed E-state index contributed by atoms with van der Waals surface area (Å²) >= 11 is 1.60. The van der Waals surface area contributed by atoms with Crippen molar-refractivity contribution < 1.29 is 9.32 Å². The minimum atomic E-state index is -0.214. The quantitative estimate of drug-likeness (QED) is 0.565. The summed E-state index contributed by atoms with van der Waals surface area (Å²) in [7, 11) is 0. The molecule has 1 N–H and O–H groups in total. The van der Waals surface area contributed by atoms with Crippen LogP contribution in [0.5, 0.6) is 0 Å². The lowest BCUT2D eigenvalue weighted by Gasteiger charge is -2.09. The second-order valence-corrected chi connectivity index (χ2v) is 8.68. The molecule has 1 aliphatic rings. The standard InChI is InChI=1S/C22H25N3O3S/c1-15-12-20-23-18(13-22(27)25(20)28-15)14-29-19-9-7-17(8-10-19)24-21(26)11-6-16-4-2-3-5-16/h7-10,12-13,16H,2-6,11,14H2,1H3,(H,24,26). The van der Waals surface area contributed by atoms with Crippen molar-refractivity contribution >= 4 is 29.0 Å². The average molecular weight is 412 g/mol. The van der Waals surface area contributed by atoms with Crippen LogP contribution in [0, 0.1) is 12.8 Å². The van der Waals surface area contributed by atoms with Gasteiger partial charge in [0, 0.05) is 34.9 Å². The van der Waals surface area contributed by atoms with Gasteiger partial charge >= 0.3 is 0 Å². The minimum absolute atomic E-state index is 0.0886. The number of nitrogens with one attached hydrogen (secondary N) is 1. The van der Waals surface area contributed by atoms with Gasteiger partial charge in [-0.25, -0.2) is 4.98 Å². The first kappa shape index (κ1) is 19.8. The first-order valence-electron chi connectivity index (χ1n) is 10.1. The van der Waals surface area contributed by atoms with E-state index in [1.807, 2.05) is 24.3 Å². The molecular formula is C22H25N3O3S. The SMILES string of the molecule is Cc1cc2nc(CSc3ccc(NC(=O)CCC4CCCC4)cc3)cc(=O)n2o1. The molecular weight excluding hydrogens is 386 g/mol. The Bertz CT molecular complexity index is 1050. The van der Waals surface area contributed by atoms with Gasteiger partial charge in [-0.2, -0.15) is 0 Å². The molecule has 152 valence electrons. The summed E-state index contributed by atoms with van der Waals surface area (Å²) in [5.74, 6) is 2.06. The van der Waals surface area contributed by atoms with Crippen molar-refractivity contribution in [3.63, 3.8) is 0 Å². The third-order valence-corrected chi connectivity index (χ3v) is 6.35. The van der Waals surface area contributed by atoms with E-state index in [4.69, 9.17) is 4.52 Å². The number of rotatable bonds is 7. The number of aromatic nitrogens is 2. The van der Waals surface area contributed by atoms with Crippen LogP contribution in [0.1, 0.15) is 50.0 Å². The van der Waals surface area contributed by atoms with Crippen LogP contribution in [0.15, 0.2) is 50.6 Å². The zero-order chi connectivity index (χ0) is 20.2. The molecule has 2 heterocycles. The fourth-order valence-electron chi connectivity index (χ4n) is 3.80. The number of carbonyl (C=O) groups excluding carboxylic acids is 1. The molecule has 7 heteroatoms. The largest absolute Gasteiger partial charge is 0.375 e. The molecule has 1 amide bonds. The maximum atomic E-state index is 12.1. The Morgan fingerprint density at radius 2 is 2.00 bits per heavy atom. The van der Waals surface area contributed by atoms with Gasteiger partial charge in [-0.3, -0.25) is 9.59 Å². The second kappa shape index (κ2) is 8.86. The highest BCUT2D eigenvalue weighted by molar-refractivity contribution is 7.98. The Morgan fingerprint density at radius 1 is 1.24 bits per heavy atom. The maximum Gasteiger partial charge on any atom is 0.287 e. The van der Waals surface area contributed by atoms with Crippen molar-refractivity contribution in [1.29, 1.82) is 0 Å². The molecule has 4 rings (SSSR count). The van der Waals surface area contributed by atoms with Crippen LogP contribution in [0.4, 0.5) is 5.69 Å². The topological polar surface area (TPSA) is 76.6 Å². The van der Waals surface area contributed by atoms with Crippen LogP contribution in [0.25, 0.3) is 5.65 Å². The molecule has 0 spiro atoms. The predicted octanol–water partition coefficient (Wildman–Crippen LogP) is 4.80. The summed E-state index contributed by atoms with van der Waals surface area (Å²) in [6.45, 7) is 1.79. The van der Waals surface area contributed by atoms with E-state index in [1.54, 1.807) is 24.8 Å². The third kappa shape index (κ3) is 5.09. The number of anilines is 1. The van der Waals surface area contributed by atoms with Crippen molar-refractivity contribution in [3.05, 3.63) is 58.2 Å². The van der Waals surface area contributed by atoms with Gasteiger partial charge < -0.3 is 9.84 Å². The second-order valence-electron chi connectivity index (χ2n) is 7.63. The molecule has 1 aliphatic carbocycles. The molecule has 6 nitrogen and oxygen atoms in total. The number of nitrogens with zero attached hydrogens (tertiary/aromatic N) is 2. The summed E-state index contributed by atoms with van der Waals surface area (Å²) in [5.41, 5.74) is 1.85. The van der Waals surface area contributed by atoms with Crippen molar-refractivity contribution in [1.82, 2.24) is 9.56 Å². The Balaban J connectivity index is 1.30. The van der Waals surface area contributed by atoms with Gasteiger partial charge in [0.05, 0.1) is 5.69 Å². The first-order chi connectivity index (χ1) is 14.1. The molecule has 0 radical (unpaired) electrons. The molecule has 0 atom stereocenters. The third-order valence-electron chi connectivity index (χ3n) is 5.30. The van der Waals surface area contributed by atoms with E-state index in [-0.39, 0.29) is 11.5 Å². The maximum absolute atomic E-state index is 12.1. The number of benzene rings is 1. The molecule has 3 aromatic rings. The van der Waals surface area contributed by atoms with E-state index < -0.39 is 0 Å². The fraction of sp³-hybridized carbons (Fsp3) is 0.409. The number of carbonyl (C=O) groups is 1. The molecule has 0 saturated heterocycles. The number of hydrogen-bond donors (Lipinski definition) is 1. The molecule has 1 saturated carbocycles. The molecule has 0 unspecified atom stereocenters. The Labute approximate surface area is 173 Å². The highest BCUT2D eigenvalue weighted by Crippen LogP contribution is 2.29. The summed E-state index contributed by atoms with van der Waals surface area (Å²) in [4.78, 5) is 29.8. The van der Waals surface area contributed by atoms with E-state index in [2.05, 4.69) is 10.3 Å². The summed E-state index contributed by atoms with van der Waals surface area (Å²) < 4.78 is 6.51. The lowest BCUT2D eigenvalue weighted by Crippen LogP contribution is -2.13. The summed E-state index contributed by atoms with van der Waals surface area (Å²) in [6, 6.07) is 11.0. The van der Waals surface area contributed by atoms with Gasteiger partial charge in [-0.1, -0.05) is 25.7 Å². The Morgan fingerprint density at radius 3 is 2.76 bits per heavy atom. The zero-order valence-corrected chi connectivity index (χ0v) is 17.3. The number of hydrogen-bond acceptors (Lipinski definition) is 5. The van der Waals surface area contributed by atoms with Gasteiger partial charge in [-0.05, 0) is 43.5 Å². The molecule has 1 fully saturated rings. The van der Waals surface area contributed by atoms with Gasteiger partial charge in [0.2, 0.25) is 5.91 Å².